The number of rotatable bonds is 1. The Morgan fingerprint density at radius 1 is 1.32 bits per heavy atom. The molecule has 0 unspecified atom stereocenters. The van der Waals surface area contributed by atoms with Gasteiger partial charge in [0.15, 0.2) is 0 Å². The molecule has 0 aromatic carbocycles. The number of ether oxygens (including phenoxy) is 2. The van der Waals surface area contributed by atoms with Crippen LogP contribution in [-0.4, -0.2) is 29.9 Å². The van der Waals surface area contributed by atoms with Crippen LogP contribution in [0.4, 0.5) is 0 Å². The number of fused-ring (bicyclic) bond motifs is 2. The summed E-state index contributed by atoms with van der Waals surface area (Å²) in [6.45, 7) is 7.35. The van der Waals surface area contributed by atoms with Crippen LogP contribution in [0.2, 0.25) is 0 Å². The van der Waals surface area contributed by atoms with Crippen molar-refractivity contribution in [3.05, 3.63) is 0 Å². The maximum atomic E-state index is 12.7. The first-order chi connectivity index (χ1) is 10.2. The van der Waals surface area contributed by atoms with E-state index in [0.29, 0.717) is 12.8 Å². The largest absolute Gasteiger partial charge is 0.462 e. The molecule has 1 heterocycles. The Hall–Kier alpha value is -1.39. The first kappa shape index (κ1) is 15.5. The highest BCUT2D eigenvalue weighted by Gasteiger charge is 2.60. The molecule has 1 aliphatic heterocycles. The monoisotopic (exact) mass is 308 g/mol. The van der Waals surface area contributed by atoms with Gasteiger partial charge in [-0.1, -0.05) is 20.8 Å². The van der Waals surface area contributed by atoms with Gasteiger partial charge >= 0.3 is 11.9 Å². The zero-order chi connectivity index (χ0) is 16.2. The lowest BCUT2D eigenvalue weighted by Crippen LogP contribution is -2.37. The van der Waals surface area contributed by atoms with E-state index < -0.39 is 5.41 Å². The second kappa shape index (κ2) is 5.07. The van der Waals surface area contributed by atoms with Gasteiger partial charge in [-0.2, -0.15) is 0 Å². The van der Waals surface area contributed by atoms with Gasteiger partial charge in [0.1, 0.15) is 18.0 Å². The normalized spacial score (nSPS) is 47.5. The van der Waals surface area contributed by atoms with Gasteiger partial charge in [-0.25, -0.2) is 0 Å². The average Bonchev–Trinajstić information content (AvgIpc) is 2.73. The standard InChI is InChI=1S/C17H24O5/c1-8-5-12-11(9(2)16(20)22-12)7-17(4)14(19)6-13(15(8)17)21-10(3)18/h8-9,11-13,15H,5-7H2,1-4H3/t8-,9-,11+,12+,13-,15+,17+/m0/s1. The van der Waals surface area contributed by atoms with Crippen molar-refractivity contribution >= 4 is 17.7 Å². The maximum Gasteiger partial charge on any atom is 0.309 e. The predicted octanol–water partition coefficient (Wildman–Crippen LogP) is 2.12. The van der Waals surface area contributed by atoms with Crippen LogP contribution in [0.1, 0.15) is 47.0 Å². The van der Waals surface area contributed by atoms with Crippen molar-refractivity contribution in [3.8, 4) is 0 Å². The zero-order valence-electron chi connectivity index (χ0n) is 13.6. The van der Waals surface area contributed by atoms with E-state index >= 15 is 0 Å². The molecule has 1 saturated heterocycles. The van der Waals surface area contributed by atoms with E-state index in [-0.39, 0.29) is 53.6 Å². The Morgan fingerprint density at radius 2 is 2.00 bits per heavy atom. The van der Waals surface area contributed by atoms with E-state index in [4.69, 9.17) is 9.47 Å². The highest BCUT2D eigenvalue weighted by atomic mass is 16.6. The van der Waals surface area contributed by atoms with Crippen molar-refractivity contribution in [1.82, 2.24) is 0 Å². The molecule has 0 bridgehead atoms. The minimum absolute atomic E-state index is 0.0143. The number of hydrogen-bond donors (Lipinski definition) is 0. The highest BCUT2D eigenvalue weighted by Crippen LogP contribution is 2.56. The number of esters is 2. The molecule has 3 rings (SSSR count). The molecule has 2 aliphatic carbocycles. The molecular formula is C17H24O5. The van der Waals surface area contributed by atoms with Gasteiger partial charge in [-0.15, -0.1) is 0 Å². The lowest BCUT2D eigenvalue weighted by atomic mass is 9.69. The van der Waals surface area contributed by atoms with Crippen molar-refractivity contribution in [2.45, 2.75) is 59.2 Å². The third kappa shape index (κ3) is 2.17. The quantitative estimate of drug-likeness (QED) is 0.694. The number of carbonyl (C=O) groups excluding carboxylic acids is 3. The van der Waals surface area contributed by atoms with Gasteiger partial charge in [0.2, 0.25) is 0 Å². The molecule has 5 nitrogen and oxygen atoms in total. The summed E-state index contributed by atoms with van der Waals surface area (Å²) in [5, 5.41) is 0. The molecule has 3 aliphatic rings. The van der Waals surface area contributed by atoms with Crippen LogP contribution in [0.25, 0.3) is 0 Å². The van der Waals surface area contributed by atoms with Crippen molar-refractivity contribution in [3.63, 3.8) is 0 Å². The fourth-order valence-corrected chi connectivity index (χ4v) is 5.09. The van der Waals surface area contributed by atoms with E-state index in [2.05, 4.69) is 6.92 Å². The molecule has 0 amide bonds. The van der Waals surface area contributed by atoms with Gasteiger partial charge in [0, 0.05) is 30.6 Å². The van der Waals surface area contributed by atoms with E-state index in [1.807, 2.05) is 13.8 Å². The number of Topliss-reactive ketones (excluding diaryl/α,β-unsaturated/α-hetero) is 1. The van der Waals surface area contributed by atoms with E-state index in [9.17, 15) is 14.4 Å². The molecule has 0 spiro atoms. The van der Waals surface area contributed by atoms with Crippen molar-refractivity contribution < 1.29 is 23.9 Å². The first-order valence-corrected chi connectivity index (χ1v) is 8.15. The predicted molar refractivity (Wildman–Crippen MR) is 77.7 cm³/mol. The molecule has 122 valence electrons. The third-order valence-corrected chi connectivity index (χ3v) is 6.11. The Labute approximate surface area is 130 Å². The first-order valence-electron chi connectivity index (χ1n) is 8.15. The summed E-state index contributed by atoms with van der Waals surface area (Å²) in [7, 11) is 0. The zero-order valence-corrected chi connectivity index (χ0v) is 13.6. The number of ketones is 1. The molecule has 0 N–H and O–H groups in total. The van der Waals surface area contributed by atoms with Crippen molar-refractivity contribution in [2.24, 2.45) is 29.1 Å². The SMILES string of the molecule is CC(=O)O[C@H]1CC(=O)[C@@]2(C)C[C@@H]3[C@H](C)C(=O)O[C@@H]3C[C@H](C)[C@H]12. The van der Waals surface area contributed by atoms with Gasteiger partial charge in [0.25, 0.3) is 0 Å². The number of hydrogen-bond acceptors (Lipinski definition) is 5. The topological polar surface area (TPSA) is 69.7 Å². The lowest BCUT2D eigenvalue weighted by molar-refractivity contribution is -0.150. The molecule has 5 heteroatoms. The Bertz CT molecular complexity index is 527. The van der Waals surface area contributed by atoms with Gasteiger partial charge in [0.05, 0.1) is 5.92 Å². The second-order valence-corrected chi connectivity index (χ2v) is 7.56. The van der Waals surface area contributed by atoms with Crippen molar-refractivity contribution in [2.75, 3.05) is 0 Å². The molecular weight excluding hydrogens is 284 g/mol. The third-order valence-electron chi connectivity index (χ3n) is 6.11. The van der Waals surface area contributed by atoms with Crippen LogP contribution in [0, 0.1) is 29.1 Å². The fraction of sp³-hybridized carbons (Fsp3) is 0.824. The highest BCUT2D eigenvalue weighted by molar-refractivity contribution is 5.88. The summed E-state index contributed by atoms with van der Waals surface area (Å²) >= 11 is 0. The minimum atomic E-state index is -0.527. The summed E-state index contributed by atoms with van der Waals surface area (Å²) in [5.41, 5.74) is -0.527. The maximum absolute atomic E-state index is 12.7. The van der Waals surface area contributed by atoms with Crippen LogP contribution >= 0.6 is 0 Å². The fourth-order valence-electron chi connectivity index (χ4n) is 5.09. The van der Waals surface area contributed by atoms with Gasteiger partial charge < -0.3 is 9.47 Å². The summed E-state index contributed by atoms with van der Waals surface area (Å²) in [4.78, 5) is 35.9. The Morgan fingerprint density at radius 3 is 2.64 bits per heavy atom. The summed E-state index contributed by atoms with van der Waals surface area (Å²) in [6, 6.07) is 0. The summed E-state index contributed by atoms with van der Waals surface area (Å²) in [6.07, 6.45) is 1.24. The summed E-state index contributed by atoms with van der Waals surface area (Å²) in [5.74, 6) is -0.208. The van der Waals surface area contributed by atoms with Crippen LogP contribution in [0.3, 0.4) is 0 Å². The van der Waals surface area contributed by atoms with E-state index in [1.54, 1.807) is 0 Å². The smallest absolute Gasteiger partial charge is 0.309 e. The summed E-state index contributed by atoms with van der Waals surface area (Å²) < 4.78 is 11.0. The molecule has 0 aromatic heterocycles. The van der Waals surface area contributed by atoms with Gasteiger partial charge in [-0.05, 0) is 18.8 Å². The Kier molecular flexibility index (Phi) is 3.57. The van der Waals surface area contributed by atoms with E-state index in [1.165, 1.54) is 6.92 Å². The average molecular weight is 308 g/mol. The molecule has 0 aromatic rings. The second-order valence-electron chi connectivity index (χ2n) is 7.56. The van der Waals surface area contributed by atoms with Crippen molar-refractivity contribution in [1.29, 1.82) is 0 Å². The lowest BCUT2D eigenvalue weighted by Gasteiger charge is -2.35. The minimum Gasteiger partial charge on any atom is -0.462 e. The molecule has 7 atom stereocenters. The van der Waals surface area contributed by atoms with Gasteiger partial charge in [-0.3, -0.25) is 14.4 Å². The molecule has 0 radical (unpaired) electrons. The molecule has 22 heavy (non-hydrogen) atoms. The number of carbonyl (C=O) groups is 3. The Balaban J connectivity index is 1.94. The van der Waals surface area contributed by atoms with Crippen LogP contribution in [0.5, 0.6) is 0 Å². The molecule has 2 saturated carbocycles. The van der Waals surface area contributed by atoms with Crippen LogP contribution < -0.4 is 0 Å². The molecule has 3 fully saturated rings. The van der Waals surface area contributed by atoms with E-state index in [0.717, 1.165) is 6.42 Å². The van der Waals surface area contributed by atoms with Crippen LogP contribution in [0.15, 0.2) is 0 Å². The van der Waals surface area contributed by atoms with Crippen LogP contribution in [-0.2, 0) is 23.9 Å².